The summed E-state index contributed by atoms with van der Waals surface area (Å²) >= 11 is 0. The Labute approximate surface area is 179 Å². The van der Waals surface area contributed by atoms with Crippen molar-refractivity contribution in [2.45, 2.75) is 26.7 Å². The lowest BCUT2D eigenvalue weighted by Gasteiger charge is -2.09. The van der Waals surface area contributed by atoms with Gasteiger partial charge in [-0.3, -0.25) is 14.8 Å². The highest BCUT2D eigenvalue weighted by Crippen LogP contribution is 2.29. The number of aryl methyl sites for hydroxylation is 1. The Bertz CT molecular complexity index is 1460. The van der Waals surface area contributed by atoms with Crippen molar-refractivity contribution in [1.29, 1.82) is 0 Å². The molecule has 154 valence electrons. The fraction of sp³-hybridized carbons (Fsp3) is 0.160. The number of aromatic amines is 1. The number of ether oxygens (including phenoxy) is 1. The second-order valence-corrected chi connectivity index (χ2v) is 7.97. The molecule has 0 atom stereocenters. The van der Waals surface area contributed by atoms with Crippen molar-refractivity contribution in [3.8, 4) is 17.4 Å². The Balaban J connectivity index is 1.46. The Morgan fingerprint density at radius 3 is 2.61 bits per heavy atom. The molecule has 0 spiro atoms. The van der Waals surface area contributed by atoms with Crippen LogP contribution in [0.4, 0.5) is 0 Å². The van der Waals surface area contributed by atoms with Crippen molar-refractivity contribution in [3.05, 3.63) is 88.6 Å². The molecule has 0 bridgehead atoms. The number of benzene rings is 2. The van der Waals surface area contributed by atoms with Crippen molar-refractivity contribution >= 4 is 21.8 Å². The number of nitrogens with one attached hydrogen (secondary N) is 1. The zero-order valence-corrected chi connectivity index (χ0v) is 17.6. The molecule has 0 radical (unpaired) electrons. The summed E-state index contributed by atoms with van der Waals surface area (Å²) < 4.78 is 7.97. The van der Waals surface area contributed by atoms with Crippen LogP contribution in [0.15, 0.2) is 71.9 Å². The van der Waals surface area contributed by atoms with E-state index in [0.717, 1.165) is 5.69 Å². The number of H-pyrrole nitrogens is 1. The highest BCUT2D eigenvalue weighted by molar-refractivity contribution is 5.86. The van der Waals surface area contributed by atoms with Crippen LogP contribution in [-0.4, -0.2) is 19.5 Å². The minimum Gasteiger partial charge on any atom is -0.426 e. The molecule has 31 heavy (non-hydrogen) atoms. The molecule has 3 heterocycles. The summed E-state index contributed by atoms with van der Waals surface area (Å²) in [5.41, 5.74) is 5.02. The third-order valence-electron chi connectivity index (χ3n) is 5.51. The lowest BCUT2D eigenvalue weighted by molar-refractivity contribution is 0.442. The molecule has 2 aromatic carbocycles. The number of pyridine rings is 1. The van der Waals surface area contributed by atoms with E-state index in [1.165, 1.54) is 22.0 Å². The maximum atomic E-state index is 12.2. The fourth-order valence-electron chi connectivity index (χ4n) is 3.79. The van der Waals surface area contributed by atoms with Gasteiger partial charge in [0.15, 0.2) is 0 Å². The topological polar surface area (TPSA) is 72.8 Å². The number of hydrogen-bond acceptors (Lipinski definition) is 4. The molecule has 0 aliphatic rings. The van der Waals surface area contributed by atoms with E-state index in [1.54, 1.807) is 18.5 Å². The smallest absolute Gasteiger partial charge is 0.302 e. The molecule has 0 amide bonds. The molecule has 6 nitrogen and oxygen atoms in total. The summed E-state index contributed by atoms with van der Waals surface area (Å²) in [6.07, 6.45) is 5.26. The lowest BCUT2D eigenvalue weighted by Crippen LogP contribution is -2.09. The molecule has 0 saturated heterocycles. The summed E-state index contributed by atoms with van der Waals surface area (Å²) in [7, 11) is 0. The minimum absolute atomic E-state index is 0.140. The van der Waals surface area contributed by atoms with E-state index >= 15 is 0 Å². The number of rotatable bonds is 4. The van der Waals surface area contributed by atoms with Crippen LogP contribution < -0.4 is 10.3 Å². The van der Waals surface area contributed by atoms with Crippen molar-refractivity contribution < 1.29 is 4.74 Å². The van der Waals surface area contributed by atoms with Gasteiger partial charge in [-0.05, 0) is 66.4 Å². The van der Waals surface area contributed by atoms with Crippen molar-refractivity contribution in [2.75, 3.05) is 0 Å². The molecule has 5 rings (SSSR count). The quantitative estimate of drug-likeness (QED) is 0.425. The monoisotopic (exact) mass is 410 g/mol. The molecule has 0 fully saturated rings. The van der Waals surface area contributed by atoms with Crippen LogP contribution in [0.1, 0.15) is 30.9 Å². The van der Waals surface area contributed by atoms with Gasteiger partial charge in [-0.2, -0.15) is 4.98 Å². The van der Waals surface area contributed by atoms with Gasteiger partial charge in [0.2, 0.25) is 0 Å². The molecule has 5 aromatic rings. The van der Waals surface area contributed by atoms with Crippen LogP contribution in [0, 0.1) is 6.92 Å². The number of aromatic nitrogens is 4. The van der Waals surface area contributed by atoms with Gasteiger partial charge < -0.3 is 9.30 Å². The highest BCUT2D eigenvalue weighted by Gasteiger charge is 2.10. The van der Waals surface area contributed by atoms with Crippen LogP contribution >= 0.6 is 0 Å². The summed E-state index contributed by atoms with van der Waals surface area (Å²) in [4.78, 5) is 23.2. The van der Waals surface area contributed by atoms with E-state index in [9.17, 15) is 4.79 Å². The lowest BCUT2D eigenvalue weighted by atomic mass is 10.0. The van der Waals surface area contributed by atoms with Crippen LogP contribution in [-0.2, 0) is 0 Å². The maximum absolute atomic E-state index is 12.2. The molecule has 3 aromatic heterocycles. The highest BCUT2D eigenvalue weighted by atomic mass is 16.5. The minimum atomic E-state index is -0.255. The van der Waals surface area contributed by atoms with Crippen molar-refractivity contribution in [2.24, 2.45) is 0 Å². The summed E-state index contributed by atoms with van der Waals surface area (Å²) in [5.74, 6) is 1.08. The molecule has 0 saturated carbocycles. The molecule has 0 unspecified atom stereocenters. The second-order valence-electron chi connectivity index (χ2n) is 7.97. The van der Waals surface area contributed by atoms with Crippen molar-refractivity contribution in [3.63, 3.8) is 0 Å². The zero-order chi connectivity index (χ0) is 21.5. The summed E-state index contributed by atoms with van der Waals surface area (Å²) in [5, 5.41) is 1.74. The van der Waals surface area contributed by atoms with Crippen LogP contribution in [0.2, 0.25) is 0 Å². The first-order valence-corrected chi connectivity index (χ1v) is 10.2. The first-order chi connectivity index (χ1) is 15.0. The molecule has 1 N–H and O–H groups in total. The third-order valence-corrected chi connectivity index (χ3v) is 5.51. The number of hydrogen-bond donors (Lipinski definition) is 1. The second kappa shape index (κ2) is 7.40. The normalized spacial score (nSPS) is 11.5. The van der Waals surface area contributed by atoms with Gasteiger partial charge >= 0.3 is 6.01 Å². The molecular formula is C25H22N4O2. The first-order valence-electron chi connectivity index (χ1n) is 10.2. The van der Waals surface area contributed by atoms with Gasteiger partial charge in [0.1, 0.15) is 5.75 Å². The largest absolute Gasteiger partial charge is 0.426 e. The standard InChI is InChI=1S/C25H22N4O2/c1-15(2)17-4-9-23-21(12-17)16(3)14-29(23)18-5-7-19(8-6-18)31-25-27-22-13-26-11-10-20(22)24(30)28-25/h4-15H,1-3H3,(H,27,28,30). The maximum Gasteiger partial charge on any atom is 0.302 e. The predicted molar refractivity (Wildman–Crippen MR) is 122 cm³/mol. The van der Waals surface area contributed by atoms with Crippen LogP contribution in [0.25, 0.3) is 27.5 Å². The Hall–Kier alpha value is -3.93. The average Bonchev–Trinajstić information content (AvgIpc) is 3.10. The number of nitrogens with zero attached hydrogens (tertiary/aromatic N) is 3. The predicted octanol–water partition coefficient (Wildman–Crippen LogP) is 5.49. The first kappa shape index (κ1) is 19.1. The van der Waals surface area contributed by atoms with Crippen molar-refractivity contribution in [1.82, 2.24) is 19.5 Å². The average molecular weight is 410 g/mol. The Morgan fingerprint density at radius 1 is 1.03 bits per heavy atom. The fourth-order valence-corrected chi connectivity index (χ4v) is 3.79. The van der Waals surface area contributed by atoms with Gasteiger partial charge in [-0.25, -0.2) is 0 Å². The summed E-state index contributed by atoms with van der Waals surface area (Å²) in [6.45, 7) is 6.55. The van der Waals surface area contributed by atoms with E-state index in [1.807, 2.05) is 24.3 Å². The van der Waals surface area contributed by atoms with E-state index in [2.05, 4.69) is 64.7 Å². The third kappa shape index (κ3) is 3.46. The van der Waals surface area contributed by atoms with E-state index in [0.29, 0.717) is 22.6 Å². The molecule has 6 heteroatoms. The Kier molecular flexibility index (Phi) is 4.55. The summed E-state index contributed by atoms with van der Waals surface area (Å²) in [6, 6.07) is 16.1. The van der Waals surface area contributed by atoms with E-state index in [-0.39, 0.29) is 11.6 Å². The molecule has 0 aliphatic heterocycles. The van der Waals surface area contributed by atoms with Gasteiger partial charge in [0, 0.05) is 23.5 Å². The van der Waals surface area contributed by atoms with Gasteiger partial charge in [0.25, 0.3) is 5.56 Å². The SMILES string of the molecule is Cc1cn(-c2ccc(Oc3nc4cnccc4c(=O)[nH]3)cc2)c2ccc(C(C)C)cc12. The van der Waals surface area contributed by atoms with Crippen LogP contribution in [0.5, 0.6) is 11.8 Å². The zero-order valence-electron chi connectivity index (χ0n) is 17.6. The van der Waals surface area contributed by atoms with E-state index < -0.39 is 0 Å². The Morgan fingerprint density at radius 2 is 1.84 bits per heavy atom. The van der Waals surface area contributed by atoms with Crippen LogP contribution in [0.3, 0.4) is 0 Å². The number of fused-ring (bicyclic) bond motifs is 2. The van der Waals surface area contributed by atoms with Gasteiger partial charge in [-0.15, -0.1) is 0 Å². The molecule has 0 aliphatic carbocycles. The van der Waals surface area contributed by atoms with E-state index in [4.69, 9.17) is 4.74 Å². The van der Waals surface area contributed by atoms with Gasteiger partial charge in [0.05, 0.1) is 22.6 Å². The molecular weight excluding hydrogens is 388 g/mol. The van der Waals surface area contributed by atoms with Gasteiger partial charge in [-0.1, -0.05) is 19.9 Å².